The molecule has 0 heteroatoms. The number of allylic oxidation sites excluding steroid dienone is 11. The van der Waals surface area contributed by atoms with Crippen LogP contribution in [-0.2, 0) is 0 Å². The third kappa shape index (κ3) is 4.55. The summed E-state index contributed by atoms with van der Waals surface area (Å²) in [5.41, 5.74) is 5.10. The summed E-state index contributed by atoms with van der Waals surface area (Å²) in [7, 11) is 0. The summed E-state index contributed by atoms with van der Waals surface area (Å²) in [5, 5.41) is 0. The van der Waals surface area contributed by atoms with Gasteiger partial charge < -0.3 is 0 Å². The first kappa shape index (κ1) is 15.5. The van der Waals surface area contributed by atoms with E-state index in [0.29, 0.717) is 11.8 Å². The van der Waals surface area contributed by atoms with Crippen LogP contribution < -0.4 is 0 Å². The van der Waals surface area contributed by atoms with Crippen molar-refractivity contribution < 1.29 is 0 Å². The molecule has 2 unspecified atom stereocenters. The van der Waals surface area contributed by atoms with Crippen LogP contribution in [0, 0.1) is 11.8 Å². The van der Waals surface area contributed by atoms with Gasteiger partial charge in [0.1, 0.15) is 0 Å². The fraction of sp³-hybridized carbons (Fsp3) is 0.368. The van der Waals surface area contributed by atoms with E-state index in [0.717, 1.165) is 5.57 Å². The predicted octanol–water partition coefficient (Wildman–Crippen LogP) is 5.78. The summed E-state index contributed by atoms with van der Waals surface area (Å²) in [4.78, 5) is 0. The summed E-state index contributed by atoms with van der Waals surface area (Å²) in [6.45, 7) is 14.9. The van der Waals surface area contributed by atoms with Crippen LogP contribution in [0.25, 0.3) is 0 Å². The SMILES string of the molecule is C=C(/C=C\C)/C(C)=C\C(C)C1C=CC(C)=CC=C1C. The highest BCUT2D eigenvalue weighted by Crippen LogP contribution is 2.27. The third-order valence-electron chi connectivity index (χ3n) is 3.66. The van der Waals surface area contributed by atoms with E-state index in [-0.39, 0.29) is 0 Å². The van der Waals surface area contributed by atoms with Crippen LogP contribution in [0.5, 0.6) is 0 Å². The second-order valence-corrected chi connectivity index (χ2v) is 5.44. The normalized spacial score (nSPS) is 21.9. The Kier molecular flexibility index (Phi) is 5.82. The molecular weight excluding hydrogens is 228 g/mol. The maximum atomic E-state index is 4.09. The van der Waals surface area contributed by atoms with Gasteiger partial charge in [-0.2, -0.15) is 0 Å². The lowest BCUT2D eigenvalue weighted by atomic mass is 9.85. The average Bonchev–Trinajstić information content (AvgIpc) is 2.52. The fourth-order valence-corrected chi connectivity index (χ4v) is 2.36. The molecule has 0 aliphatic heterocycles. The molecule has 19 heavy (non-hydrogen) atoms. The van der Waals surface area contributed by atoms with Crippen molar-refractivity contribution in [1.29, 1.82) is 0 Å². The molecule has 1 rings (SSSR count). The Bertz CT molecular complexity index is 478. The second-order valence-electron chi connectivity index (χ2n) is 5.44. The van der Waals surface area contributed by atoms with Crippen LogP contribution >= 0.6 is 0 Å². The van der Waals surface area contributed by atoms with Crippen molar-refractivity contribution in [3.8, 4) is 0 Å². The zero-order valence-corrected chi connectivity index (χ0v) is 12.9. The first-order valence-corrected chi connectivity index (χ1v) is 6.99. The van der Waals surface area contributed by atoms with Crippen LogP contribution in [0.1, 0.15) is 34.6 Å². The Hall–Kier alpha value is -1.56. The van der Waals surface area contributed by atoms with Crippen LogP contribution in [0.3, 0.4) is 0 Å². The van der Waals surface area contributed by atoms with Gasteiger partial charge in [0.15, 0.2) is 0 Å². The summed E-state index contributed by atoms with van der Waals surface area (Å²) < 4.78 is 0. The van der Waals surface area contributed by atoms with E-state index in [1.807, 2.05) is 13.0 Å². The Morgan fingerprint density at radius 2 is 2.00 bits per heavy atom. The molecule has 102 valence electrons. The van der Waals surface area contributed by atoms with Crippen molar-refractivity contribution in [3.05, 3.63) is 71.4 Å². The minimum absolute atomic E-state index is 0.474. The zero-order chi connectivity index (χ0) is 14.4. The number of rotatable bonds is 4. The van der Waals surface area contributed by atoms with Gasteiger partial charge in [-0.3, -0.25) is 0 Å². The largest absolute Gasteiger partial charge is 0.0915 e. The summed E-state index contributed by atoms with van der Waals surface area (Å²) >= 11 is 0. The van der Waals surface area contributed by atoms with E-state index in [1.54, 1.807) is 0 Å². The molecule has 0 radical (unpaired) electrons. The van der Waals surface area contributed by atoms with Gasteiger partial charge in [-0.25, -0.2) is 0 Å². The zero-order valence-electron chi connectivity index (χ0n) is 12.9. The number of hydrogen-bond donors (Lipinski definition) is 0. The average molecular weight is 254 g/mol. The molecule has 0 bridgehead atoms. The lowest BCUT2D eigenvalue weighted by molar-refractivity contribution is 0.580. The molecule has 0 aromatic rings. The highest BCUT2D eigenvalue weighted by Gasteiger charge is 2.15. The molecule has 0 saturated heterocycles. The van der Waals surface area contributed by atoms with Gasteiger partial charge in [0.2, 0.25) is 0 Å². The molecule has 2 atom stereocenters. The lowest BCUT2D eigenvalue weighted by Gasteiger charge is -2.19. The quantitative estimate of drug-likeness (QED) is 0.558. The minimum Gasteiger partial charge on any atom is -0.0915 e. The summed E-state index contributed by atoms with van der Waals surface area (Å²) in [6.07, 6.45) is 15.4. The molecule has 0 amide bonds. The van der Waals surface area contributed by atoms with Crippen LogP contribution in [0.15, 0.2) is 71.4 Å². The van der Waals surface area contributed by atoms with Crippen LogP contribution in [0.4, 0.5) is 0 Å². The molecule has 0 nitrogen and oxygen atoms in total. The molecule has 0 N–H and O–H groups in total. The summed E-state index contributed by atoms with van der Waals surface area (Å²) in [6, 6.07) is 0. The van der Waals surface area contributed by atoms with Crippen molar-refractivity contribution in [2.45, 2.75) is 34.6 Å². The Balaban J connectivity index is 2.90. The second kappa shape index (κ2) is 7.13. The predicted molar refractivity (Wildman–Crippen MR) is 87.0 cm³/mol. The van der Waals surface area contributed by atoms with Crippen molar-refractivity contribution in [1.82, 2.24) is 0 Å². The Morgan fingerprint density at radius 3 is 2.63 bits per heavy atom. The number of hydrogen-bond acceptors (Lipinski definition) is 0. The minimum atomic E-state index is 0.474. The van der Waals surface area contributed by atoms with Crippen molar-refractivity contribution >= 4 is 0 Å². The van der Waals surface area contributed by atoms with Gasteiger partial charge in [0.25, 0.3) is 0 Å². The topological polar surface area (TPSA) is 0 Å². The van der Waals surface area contributed by atoms with E-state index in [9.17, 15) is 0 Å². The van der Waals surface area contributed by atoms with Gasteiger partial charge in [0, 0.05) is 5.92 Å². The highest BCUT2D eigenvalue weighted by molar-refractivity contribution is 5.37. The summed E-state index contributed by atoms with van der Waals surface area (Å²) in [5.74, 6) is 0.955. The Labute approximate surface area is 118 Å². The van der Waals surface area contributed by atoms with Gasteiger partial charge in [-0.1, -0.05) is 67.2 Å². The maximum Gasteiger partial charge on any atom is 0.00407 e. The van der Waals surface area contributed by atoms with Gasteiger partial charge in [0.05, 0.1) is 0 Å². The van der Waals surface area contributed by atoms with Crippen LogP contribution in [0.2, 0.25) is 0 Å². The van der Waals surface area contributed by atoms with E-state index in [1.165, 1.54) is 16.7 Å². The first-order chi connectivity index (χ1) is 8.95. The third-order valence-corrected chi connectivity index (χ3v) is 3.66. The molecule has 0 heterocycles. The maximum absolute atomic E-state index is 4.09. The van der Waals surface area contributed by atoms with E-state index >= 15 is 0 Å². The molecule has 0 spiro atoms. The molecule has 1 aliphatic rings. The highest BCUT2D eigenvalue weighted by atomic mass is 14.2. The standard InChI is InChI=1S/C19H26/c1-7-8-15(3)17(5)13-18(6)19-12-10-14(2)9-11-16(19)4/h7-13,18-19H,3H2,1-2,4-6H3/b8-7-,17-13-. The molecular formula is C19H26. The van der Waals surface area contributed by atoms with Gasteiger partial charge in [-0.15, -0.1) is 0 Å². The van der Waals surface area contributed by atoms with E-state index in [4.69, 9.17) is 0 Å². The smallest absolute Gasteiger partial charge is 0.00407 e. The van der Waals surface area contributed by atoms with Gasteiger partial charge in [-0.05, 0) is 44.8 Å². The van der Waals surface area contributed by atoms with Gasteiger partial charge >= 0.3 is 0 Å². The fourth-order valence-electron chi connectivity index (χ4n) is 2.36. The lowest BCUT2D eigenvalue weighted by Crippen LogP contribution is -2.08. The monoisotopic (exact) mass is 254 g/mol. The molecule has 0 fully saturated rings. The Morgan fingerprint density at radius 1 is 1.32 bits per heavy atom. The molecule has 0 aromatic heterocycles. The first-order valence-electron chi connectivity index (χ1n) is 6.99. The van der Waals surface area contributed by atoms with Crippen LogP contribution in [-0.4, -0.2) is 0 Å². The van der Waals surface area contributed by atoms with Crippen molar-refractivity contribution in [2.24, 2.45) is 11.8 Å². The van der Waals surface area contributed by atoms with E-state index < -0.39 is 0 Å². The van der Waals surface area contributed by atoms with Crippen molar-refractivity contribution in [2.75, 3.05) is 0 Å². The molecule has 0 aromatic carbocycles. The molecule has 1 aliphatic carbocycles. The van der Waals surface area contributed by atoms with Crippen molar-refractivity contribution in [3.63, 3.8) is 0 Å². The van der Waals surface area contributed by atoms with E-state index in [2.05, 4.69) is 70.7 Å². The molecule has 0 saturated carbocycles.